The molecule has 2 rings (SSSR count). The first-order valence-corrected chi connectivity index (χ1v) is 7.25. The molecule has 0 amide bonds. The molecular weight excluding hydrogens is 257 g/mol. The highest BCUT2D eigenvalue weighted by Crippen LogP contribution is 2.38. The fourth-order valence-corrected chi connectivity index (χ4v) is 3.03. The number of nitrogens with one attached hydrogen (secondary N) is 1. The molecule has 3 nitrogen and oxygen atoms in total. The van der Waals surface area contributed by atoms with Gasteiger partial charge in [0.15, 0.2) is 0 Å². The van der Waals surface area contributed by atoms with Gasteiger partial charge in [0.1, 0.15) is 5.82 Å². The van der Waals surface area contributed by atoms with E-state index in [1.807, 2.05) is 13.0 Å². The van der Waals surface area contributed by atoms with Gasteiger partial charge in [0.2, 0.25) is 0 Å². The zero-order valence-electron chi connectivity index (χ0n) is 12.5. The van der Waals surface area contributed by atoms with E-state index < -0.39 is 0 Å². The molecule has 1 saturated heterocycles. The van der Waals surface area contributed by atoms with Crippen molar-refractivity contribution in [2.45, 2.75) is 38.3 Å². The van der Waals surface area contributed by atoms with Crippen molar-refractivity contribution >= 4 is 0 Å². The normalized spacial score (nSPS) is 19.8. The fraction of sp³-hybridized carbons (Fsp3) is 0.625. The SMILES string of the molecule is CCNC(c1cc(F)ccc1C)C1(OC)CCOCC1. The van der Waals surface area contributed by atoms with Crippen LogP contribution in [-0.2, 0) is 9.47 Å². The maximum Gasteiger partial charge on any atom is 0.123 e. The molecule has 1 atom stereocenters. The molecule has 0 radical (unpaired) electrons. The molecule has 4 heteroatoms. The number of hydrogen-bond donors (Lipinski definition) is 1. The number of methoxy groups -OCH3 is 1. The van der Waals surface area contributed by atoms with Crippen molar-refractivity contribution in [3.05, 3.63) is 35.1 Å². The Balaban J connectivity index is 2.40. The Kier molecular flexibility index (Phi) is 5.13. The van der Waals surface area contributed by atoms with E-state index in [-0.39, 0.29) is 17.5 Å². The smallest absolute Gasteiger partial charge is 0.123 e. The molecule has 1 fully saturated rings. The van der Waals surface area contributed by atoms with Crippen LogP contribution >= 0.6 is 0 Å². The molecule has 1 aliphatic rings. The van der Waals surface area contributed by atoms with Gasteiger partial charge in [0, 0.05) is 33.2 Å². The molecule has 0 bridgehead atoms. The van der Waals surface area contributed by atoms with Gasteiger partial charge in [-0.05, 0) is 36.7 Å². The van der Waals surface area contributed by atoms with Crippen LogP contribution in [0.1, 0.15) is 36.9 Å². The summed E-state index contributed by atoms with van der Waals surface area (Å²) in [6, 6.07) is 4.94. The number of likely N-dealkylation sites (N-methyl/N-ethyl adjacent to an activating group) is 1. The molecule has 1 aromatic carbocycles. The van der Waals surface area contributed by atoms with E-state index in [9.17, 15) is 4.39 Å². The van der Waals surface area contributed by atoms with Crippen LogP contribution in [0.25, 0.3) is 0 Å². The van der Waals surface area contributed by atoms with Gasteiger partial charge in [0.05, 0.1) is 11.6 Å². The maximum atomic E-state index is 13.7. The van der Waals surface area contributed by atoms with Crippen molar-refractivity contribution in [2.75, 3.05) is 26.9 Å². The number of ether oxygens (including phenoxy) is 2. The van der Waals surface area contributed by atoms with E-state index in [0.717, 1.165) is 30.5 Å². The van der Waals surface area contributed by atoms with Gasteiger partial charge in [-0.2, -0.15) is 0 Å². The summed E-state index contributed by atoms with van der Waals surface area (Å²) in [4.78, 5) is 0. The quantitative estimate of drug-likeness (QED) is 0.900. The summed E-state index contributed by atoms with van der Waals surface area (Å²) >= 11 is 0. The van der Waals surface area contributed by atoms with E-state index >= 15 is 0 Å². The first kappa shape index (κ1) is 15.4. The molecule has 1 N–H and O–H groups in total. The minimum atomic E-state index is -0.327. The Morgan fingerprint density at radius 3 is 2.70 bits per heavy atom. The molecule has 0 aliphatic carbocycles. The summed E-state index contributed by atoms with van der Waals surface area (Å²) in [6.45, 7) is 6.26. The molecule has 1 unspecified atom stereocenters. The number of rotatable bonds is 5. The molecule has 1 aromatic rings. The predicted molar refractivity (Wildman–Crippen MR) is 77.3 cm³/mol. The third-order valence-corrected chi connectivity index (χ3v) is 4.23. The van der Waals surface area contributed by atoms with Gasteiger partial charge >= 0.3 is 0 Å². The Hall–Kier alpha value is -0.970. The van der Waals surface area contributed by atoms with Crippen LogP contribution in [-0.4, -0.2) is 32.5 Å². The molecule has 1 aliphatic heterocycles. The zero-order chi connectivity index (χ0) is 14.6. The van der Waals surface area contributed by atoms with Gasteiger partial charge in [-0.3, -0.25) is 0 Å². The van der Waals surface area contributed by atoms with Crippen molar-refractivity contribution in [3.63, 3.8) is 0 Å². The van der Waals surface area contributed by atoms with E-state index in [4.69, 9.17) is 9.47 Å². The van der Waals surface area contributed by atoms with Crippen molar-refractivity contribution < 1.29 is 13.9 Å². The van der Waals surface area contributed by atoms with Crippen molar-refractivity contribution in [1.29, 1.82) is 0 Å². The highest BCUT2D eigenvalue weighted by Gasteiger charge is 2.41. The van der Waals surface area contributed by atoms with Gasteiger partial charge in [0.25, 0.3) is 0 Å². The lowest BCUT2D eigenvalue weighted by Gasteiger charge is -2.43. The number of hydrogen-bond acceptors (Lipinski definition) is 3. The Morgan fingerprint density at radius 1 is 1.40 bits per heavy atom. The highest BCUT2D eigenvalue weighted by molar-refractivity contribution is 5.32. The van der Waals surface area contributed by atoms with Crippen LogP contribution in [0.15, 0.2) is 18.2 Å². The first-order valence-electron chi connectivity index (χ1n) is 7.25. The number of benzene rings is 1. The number of halogens is 1. The van der Waals surface area contributed by atoms with E-state index in [1.165, 1.54) is 6.07 Å². The maximum absolute atomic E-state index is 13.7. The van der Waals surface area contributed by atoms with Crippen LogP contribution in [0.3, 0.4) is 0 Å². The van der Waals surface area contributed by atoms with Crippen molar-refractivity contribution in [2.24, 2.45) is 0 Å². The van der Waals surface area contributed by atoms with Gasteiger partial charge < -0.3 is 14.8 Å². The summed E-state index contributed by atoms with van der Waals surface area (Å²) in [5, 5.41) is 3.48. The summed E-state index contributed by atoms with van der Waals surface area (Å²) in [5.74, 6) is -0.202. The second-order valence-corrected chi connectivity index (χ2v) is 5.37. The summed E-state index contributed by atoms with van der Waals surface area (Å²) in [6.07, 6.45) is 1.63. The lowest BCUT2D eigenvalue weighted by atomic mass is 9.80. The molecule has 0 saturated carbocycles. The molecule has 20 heavy (non-hydrogen) atoms. The monoisotopic (exact) mass is 281 g/mol. The van der Waals surface area contributed by atoms with Gasteiger partial charge in [-0.15, -0.1) is 0 Å². The van der Waals surface area contributed by atoms with E-state index in [0.29, 0.717) is 13.2 Å². The van der Waals surface area contributed by atoms with Crippen molar-refractivity contribution in [3.8, 4) is 0 Å². The highest BCUT2D eigenvalue weighted by atomic mass is 19.1. The topological polar surface area (TPSA) is 30.5 Å². The lowest BCUT2D eigenvalue weighted by molar-refractivity contribution is -0.111. The largest absolute Gasteiger partial charge is 0.381 e. The number of aryl methyl sites for hydroxylation is 1. The summed E-state index contributed by atoms with van der Waals surface area (Å²) in [5.41, 5.74) is 1.74. The minimum Gasteiger partial charge on any atom is -0.381 e. The average molecular weight is 281 g/mol. The van der Waals surface area contributed by atoms with Gasteiger partial charge in [-0.1, -0.05) is 13.0 Å². The van der Waals surface area contributed by atoms with Gasteiger partial charge in [-0.25, -0.2) is 4.39 Å². The molecule has 1 heterocycles. The Morgan fingerprint density at radius 2 is 2.10 bits per heavy atom. The Labute approximate surface area is 120 Å². The summed E-state index contributed by atoms with van der Waals surface area (Å²) < 4.78 is 25.0. The Bertz CT molecular complexity index is 444. The van der Waals surface area contributed by atoms with Crippen LogP contribution in [0.2, 0.25) is 0 Å². The van der Waals surface area contributed by atoms with Crippen LogP contribution < -0.4 is 5.32 Å². The standard InChI is InChI=1S/C16H24FNO2/c1-4-18-15(14-11-13(17)6-5-12(14)2)16(19-3)7-9-20-10-8-16/h5-6,11,15,18H,4,7-10H2,1-3H3. The lowest BCUT2D eigenvalue weighted by Crippen LogP contribution is -2.49. The van der Waals surface area contributed by atoms with Crippen LogP contribution in [0.5, 0.6) is 0 Å². The second-order valence-electron chi connectivity index (χ2n) is 5.37. The van der Waals surface area contributed by atoms with Crippen LogP contribution in [0.4, 0.5) is 4.39 Å². The average Bonchev–Trinajstić information content (AvgIpc) is 2.48. The fourth-order valence-electron chi connectivity index (χ4n) is 3.03. The van der Waals surface area contributed by atoms with E-state index in [1.54, 1.807) is 13.2 Å². The van der Waals surface area contributed by atoms with Crippen molar-refractivity contribution in [1.82, 2.24) is 5.32 Å². The zero-order valence-corrected chi connectivity index (χ0v) is 12.5. The molecule has 0 aromatic heterocycles. The minimum absolute atomic E-state index is 0.0166. The predicted octanol–water partition coefficient (Wildman–Crippen LogP) is 2.98. The molecule has 0 spiro atoms. The van der Waals surface area contributed by atoms with Crippen LogP contribution in [0, 0.1) is 12.7 Å². The third kappa shape index (κ3) is 3.03. The molecular formula is C16H24FNO2. The molecule has 112 valence electrons. The third-order valence-electron chi connectivity index (χ3n) is 4.23. The van der Waals surface area contributed by atoms with E-state index in [2.05, 4.69) is 12.2 Å². The second kappa shape index (κ2) is 6.66. The summed E-state index contributed by atoms with van der Waals surface area (Å²) in [7, 11) is 1.74. The first-order chi connectivity index (χ1) is 9.63.